The van der Waals surface area contributed by atoms with Gasteiger partial charge in [0.05, 0.1) is 24.3 Å². The second-order valence-corrected chi connectivity index (χ2v) is 4.96. The Morgan fingerprint density at radius 3 is 2.48 bits per heavy atom. The average Bonchev–Trinajstić information content (AvgIpc) is 2.50. The molecule has 0 saturated carbocycles. The largest absolute Gasteiger partial charge is 0.467 e. The van der Waals surface area contributed by atoms with Crippen LogP contribution in [-0.2, 0) is 9.53 Å². The van der Waals surface area contributed by atoms with Gasteiger partial charge in [0.15, 0.2) is 0 Å². The minimum Gasteiger partial charge on any atom is -0.467 e. The van der Waals surface area contributed by atoms with E-state index >= 15 is 0 Å². The number of methoxy groups -OCH3 is 1. The van der Waals surface area contributed by atoms with E-state index in [1.807, 2.05) is 32.0 Å². The maximum atomic E-state index is 12.2. The van der Waals surface area contributed by atoms with Gasteiger partial charge in [-0.1, -0.05) is 26.0 Å². The number of nitrogens with one attached hydrogen (secondary N) is 1. The van der Waals surface area contributed by atoms with Crippen molar-refractivity contribution in [3.8, 4) is 0 Å². The van der Waals surface area contributed by atoms with Crippen LogP contribution in [0.1, 0.15) is 24.3 Å². The number of carbonyl (C=O) groups is 2. The standard InChI is InChI=1S/C15H17N3O3/c1-9(2)13(15(20)21-3)18-14(19)12-8-16-10-6-4-5-7-11(10)17-12/h4-9,13H,1-3H3,(H,18,19)/t13-/m1/s1. The molecule has 0 radical (unpaired) electrons. The lowest BCUT2D eigenvalue weighted by atomic mass is 10.0. The molecule has 1 heterocycles. The smallest absolute Gasteiger partial charge is 0.328 e. The molecule has 0 spiro atoms. The Morgan fingerprint density at radius 1 is 1.19 bits per heavy atom. The van der Waals surface area contributed by atoms with Crippen molar-refractivity contribution >= 4 is 22.9 Å². The Kier molecular flexibility index (Phi) is 4.47. The maximum Gasteiger partial charge on any atom is 0.328 e. The number of hydrogen-bond acceptors (Lipinski definition) is 5. The second kappa shape index (κ2) is 6.30. The molecule has 0 aliphatic rings. The van der Waals surface area contributed by atoms with Crippen molar-refractivity contribution < 1.29 is 14.3 Å². The fraction of sp³-hybridized carbons (Fsp3) is 0.333. The molecule has 2 rings (SSSR count). The Balaban J connectivity index is 2.23. The number of nitrogens with zero attached hydrogens (tertiary/aromatic N) is 2. The van der Waals surface area contributed by atoms with Crippen LogP contribution in [0, 0.1) is 5.92 Å². The summed E-state index contributed by atoms with van der Waals surface area (Å²) in [5.74, 6) is -1.01. The number of aromatic nitrogens is 2. The summed E-state index contributed by atoms with van der Waals surface area (Å²) < 4.78 is 4.69. The van der Waals surface area contributed by atoms with E-state index in [9.17, 15) is 9.59 Å². The zero-order valence-electron chi connectivity index (χ0n) is 12.2. The van der Waals surface area contributed by atoms with Crippen LogP contribution in [0.3, 0.4) is 0 Å². The first-order valence-corrected chi connectivity index (χ1v) is 6.63. The highest BCUT2D eigenvalue weighted by molar-refractivity contribution is 5.96. The summed E-state index contributed by atoms with van der Waals surface area (Å²) in [4.78, 5) is 32.3. The Bertz CT molecular complexity index is 670. The van der Waals surface area contributed by atoms with Crippen LogP contribution < -0.4 is 5.32 Å². The number of amides is 1. The van der Waals surface area contributed by atoms with Crippen LogP contribution in [-0.4, -0.2) is 35.0 Å². The van der Waals surface area contributed by atoms with E-state index in [2.05, 4.69) is 15.3 Å². The summed E-state index contributed by atoms with van der Waals surface area (Å²) in [5, 5.41) is 2.63. The minimum atomic E-state index is -0.712. The lowest BCUT2D eigenvalue weighted by Crippen LogP contribution is -2.45. The van der Waals surface area contributed by atoms with Crippen molar-refractivity contribution in [2.75, 3.05) is 7.11 Å². The van der Waals surface area contributed by atoms with Crippen LogP contribution >= 0.6 is 0 Å². The Hall–Kier alpha value is -2.50. The molecule has 1 aromatic carbocycles. The first kappa shape index (κ1) is 14.9. The average molecular weight is 287 g/mol. The highest BCUT2D eigenvalue weighted by Crippen LogP contribution is 2.10. The fourth-order valence-electron chi connectivity index (χ4n) is 1.91. The molecule has 0 fully saturated rings. The quantitative estimate of drug-likeness (QED) is 0.863. The van der Waals surface area contributed by atoms with Gasteiger partial charge in [-0.25, -0.2) is 9.78 Å². The van der Waals surface area contributed by atoms with Crippen molar-refractivity contribution in [1.82, 2.24) is 15.3 Å². The zero-order chi connectivity index (χ0) is 15.4. The molecule has 1 amide bonds. The van der Waals surface area contributed by atoms with E-state index in [4.69, 9.17) is 4.74 Å². The van der Waals surface area contributed by atoms with Crippen LogP contribution in [0.25, 0.3) is 11.0 Å². The highest BCUT2D eigenvalue weighted by atomic mass is 16.5. The number of benzene rings is 1. The summed E-state index contributed by atoms with van der Waals surface area (Å²) in [6.45, 7) is 3.65. The molecule has 6 nitrogen and oxygen atoms in total. The molecule has 6 heteroatoms. The maximum absolute atomic E-state index is 12.2. The first-order chi connectivity index (χ1) is 10.0. The third kappa shape index (κ3) is 3.34. The monoisotopic (exact) mass is 287 g/mol. The molecule has 0 unspecified atom stereocenters. The third-order valence-corrected chi connectivity index (χ3v) is 3.09. The Labute approximate surface area is 122 Å². The zero-order valence-corrected chi connectivity index (χ0v) is 12.2. The molecule has 1 N–H and O–H groups in total. The second-order valence-electron chi connectivity index (χ2n) is 4.96. The van der Waals surface area contributed by atoms with E-state index in [1.54, 1.807) is 6.07 Å². The molecular formula is C15H17N3O3. The van der Waals surface area contributed by atoms with E-state index in [1.165, 1.54) is 13.3 Å². The fourth-order valence-corrected chi connectivity index (χ4v) is 1.91. The van der Waals surface area contributed by atoms with Gasteiger partial charge in [-0.15, -0.1) is 0 Å². The van der Waals surface area contributed by atoms with E-state index < -0.39 is 17.9 Å². The SMILES string of the molecule is COC(=O)[C@H](NC(=O)c1cnc2ccccc2n1)C(C)C. The van der Waals surface area contributed by atoms with Gasteiger partial charge in [0, 0.05) is 0 Å². The number of carbonyl (C=O) groups excluding carboxylic acids is 2. The molecule has 1 atom stereocenters. The molecule has 0 aliphatic heterocycles. The van der Waals surface area contributed by atoms with Crippen LogP contribution in [0.5, 0.6) is 0 Å². The third-order valence-electron chi connectivity index (χ3n) is 3.09. The van der Waals surface area contributed by atoms with Crippen molar-refractivity contribution in [2.45, 2.75) is 19.9 Å². The molecule has 2 aromatic rings. The van der Waals surface area contributed by atoms with Gasteiger partial charge in [-0.3, -0.25) is 9.78 Å². The van der Waals surface area contributed by atoms with Gasteiger partial charge >= 0.3 is 5.97 Å². The predicted octanol–water partition coefficient (Wildman–Crippen LogP) is 1.56. The van der Waals surface area contributed by atoms with E-state index in [-0.39, 0.29) is 11.6 Å². The number of fused-ring (bicyclic) bond motifs is 1. The number of ether oxygens (including phenoxy) is 1. The highest BCUT2D eigenvalue weighted by Gasteiger charge is 2.25. The molecule has 0 bridgehead atoms. The van der Waals surface area contributed by atoms with Crippen molar-refractivity contribution in [2.24, 2.45) is 5.92 Å². The van der Waals surface area contributed by atoms with Gasteiger partial charge in [-0.05, 0) is 18.1 Å². The van der Waals surface area contributed by atoms with Crippen LogP contribution in [0.2, 0.25) is 0 Å². The lowest BCUT2D eigenvalue weighted by Gasteiger charge is -2.19. The Morgan fingerprint density at radius 2 is 1.86 bits per heavy atom. The summed E-state index contributed by atoms with van der Waals surface area (Å²) in [6, 6.07) is 6.55. The number of esters is 1. The van der Waals surface area contributed by atoms with E-state index in [0.29, 0.717) is 11.0 Å². The molecule has 21 heavy (non-hydrogen) atoms. The summed E-state index contributed by atoms with van der Waals surface area (Å²) in [6.07, 6.45) is 1.40. The van der Waals surface area contributed by atoms with Gasteiger partial charge in [0.25, 0.3) is 5.91 Å². The molecule has 1 aromatic heterocycles. The summed E-state index contributed by atoms with van der Waals surface area (Å²) in [5.41, 5.74) is 1.51. The summed E-state index contributed by atoms with van der Waals surface area (Å²) in [7, 11) is 1.29. The number of hydrogen-bond donors (Lipinski definition) is 1. The topological polar surface area (TPSA) is 81.2 Å². The molecule has 0 saturated heterocycles. The summed E-state index contributed by atoms with van der Waals surface area (Å²) >= 11 is 0. The molecule has 110 valence electrons. The van der Waals surface area contributed by atoms with Crippen LogP contribution in [0.4, 0.5) is 0 Å². The molecule has 0 aliphatic carbocycles. The predicted molar refractivity (Wildman–Crippen MR) is 77.6 cm³/mol. The van der Waals surface area contributed by atoms with Crippen molar-refractivity contribution in [3.05, 3.63) is 36.2 Å². The number of para-hydroxylation sites is 2. The number of rotatable bonds is 4. The minimum absolute atomic E-state index is 0.0881. The van der Waals surface area contributed by atoms with Crippen molar-refractivity contribution in [3.63, 3.8) is 0 Å². The van der Waals surface area contributed by atoms with Gasteiger partial charge in [-0.2, -0.15) is 0 Å². The van der Waals surface area contributed by atoms with Crippen molar-refractivity contribution in [1.29, 1.82) is 0 Å². The van der Waals surface area contributed by atoms with E-state index in [0.717, 1.165) is 0 Å². The first-order valence-electron chi connectivity index (χ1n) is 6.63. The lowest BCUT2D eigenvalue weighted by molar-refractivity contribution is -0.144. The molecular weight excluding hydrogens is 270 g/mol. The van der Waals surface area contributed by atoms with Gasteiger partial charge in [0.1, 0.15) is 11.7 Å². The normalized spacial score (nSPS) is 12.2. The van der Waals surface area contributed by atoms with Gasteiger partial charge < -0.3 is 10.1 Å². The van der Waals surface area contributed by atoms with Gasteiger partial charge in [0.2, 0.25) is 0 Å². The van der Waals surface area contributed by atoms with Crippen LogP contribution in [0.15, 0.2) is 30.5 Å².